The number of hydrogen-bond donors (Lipinski definition) is 3. The maximum Gasteiger partial charge on any atom is 0.190 e. The number of benzene rings is 1. The predicted molar refractivity (Wildman–Crippen MR) is 92.3 cm³/mol. The fourth-order valence-corrected chi connectivity index (χ4v) is 4.49. The summed E-state index contributed by atoms with van der Waals surface area (Å²) in [6.07, 6.45) is 2.69. The van der Waals surface area contributed by atoms with Gasteiger partial charge in [0, 0.05) is 23.0 Å². The summed E-state index contributed by atoms with van der Waals surface area (Å²) in [5, 5.41) is 32.2. The molecule has 3 N–H and O–H groups in total. The number of carbonyl (C=O) groups is 1. The third-order valence-electron chi connectivity index (χ3n) is 6.06. The summed E-state index contributed by atoms with van der Waals surface area (Å²) >= 11 is 0. The first-order valence-corrected chi connectivity index (χ1v) is 8.54. The van der Waals surface area contributed by atoms with Crippen molar-refractivity contribution in [3.63, 3.8) is 0 Å². The number of ether oxygens (including phenoxy) is 1. The third-order valence-corrected chi connectivity index (χ3v) is 6.06. The molecule has 1 aromatic rings. The molecule has 1 fully saturated rings. The monoisotopic (exact) mass is 342 g/mol. The Bertz CT molecular complexity index is 877. The molecule has 1 aromatic carbocycles. The van der Waals surface area contributed by atoms with Gasteiger partial charge in [-0.15, -0.1) is 0 Å². The quantitative estimate of drug-likeness (QED) is 0.631. The van der Waals surface area contributed by atoms with Crippen LogP contribution in [0, 0.1) is 0 Å². The van der Waals surface area contributed by atoms with Crippen LogP contribution in [0.15, 0.2) is 23.8 Å². The Morgan fingerprint density at radius 2 is 1.92 bits per heavy atom. The van der Waals surface area contributed by atoms with E-state index in [9.17, 15) is 20.1 Å². The topological polar surface area (TPSA) is 87.0 Å². The molecule has 0 saturated heterocycles. The number of phenols is 2. The van der Waals surface area contributed by atoms with Crippen LogP contribution in [0.25, 0.3) is 0 Å². The highest BCUT2D eigenvalue weighted by Gasteiger charge is 2.51. The van der Waals surface area contributed by atoms with Crippen molar-refractivity contribution >= 4 is 5.78 Å². The van der Waals surface area contributed by atoms with Crippen LogP contribution in [-0.4, -0.2) is 32.8 Å². The zero-order valence-electron chi connectivity index (χ0n) is 14.6. The lowest BCUT2D eigenvalue weighted by Gasteiger charge is -2.47. The molecular formula is C20H22O5. The van der Waals surface area contributed by atoms with E-state index < -0.39 is 11.0 Å². The van der Waals surface area contributed by atoms with Crippen molar-refractivity contribution in [3.8, 4) is 17.2 Å². The molecule has 3 atom stereocenters. The minimum Gasteiger partial charge on any atom is -0.507 e. The highest BCUT2D eigenvalue weighted by Crippen LogP contribution is 2.59. The summed E-state index contributed by atoms with van der Waals surface area (Å²) in [6, 6.07) is 0. The molecule has 0 bridgehead atoms. The molecule has 0 aromatic heterocycles. The average Bonchev–Trinajstić information content (AvgIpc) is 2.93. The van der Waals surface area contributed by atoms with E-state index in [0.29, 0.717) is 41.5 Å². The minimum atomic E-state index is -1.09. The van der Waals surface area contributed by atoms with Gasteiger partial charge in [0.25, 0.3) is 0 Å². The first-order valence-electron chi connectivity index (χ1n) is 8.54. The Kier molecular flexibility index (Phi) is 3.03. The van der Waals surface area contributed by atoms with Crippen molar-refractivity contribution in [2.75, 3.05) is 0 Å². The highest BCUT2D eigenvalue weighted by molar-refractivity contribution is 6.12. The van der Waals surface area contributed by atoms with Crippen LogP contribution in [0.5, 0.6) is 17.2 Å². The lowest BCUT2D eigenvalue weighted by molar-refractivity contribution is 0.0684. The van der Waals surface area contributed by atoms with E-state index >= 15 is 0 Å². The molecule has 4 rings (SSSR count). The van der Waals surface area contributed by atoms with Crippen molar-refractivity contribution in [2.45, 2.75) is 57.2 Å². The smallest absolute Gasteiger partial charge is 0.190 e. The molecule has 1 saturated carbocycles. The molecule has 0 radical (unpaired) electrons. The predicted octanol–water partition coefficient (Wildman–Crippen LogP) is 2.90. The Balaban J connectivity index is 2.02. The standard InChI is InChI=1S/C20H22O5/c1-9-7-11-16(22)14-13(21)8-12-10(2)20(4,24)6-5-19(12,3)15(14)17(23)18(11)25-9/h8-9,22-24H,2,5-7H2,1,3-4H3/t9?,19-,20+/m0/s1. The van der Waals surface area contributed by atoms with Crippen LogP contribution in [0.1, 0.15) is 55.1 Å². The number of phenolic OH excluding ortho intramolecular Hbond substituents is 2. The summed E-state index contributed by atoms with van der Waals surface area (Å²) in [7, 11) is 0. The van der Waals surface area contributed by atoms with Crippen molar-refractivity contribution in [1.82, 2.24) is 0 Å². The Morgan fingerprint density at radius 3 is 2.60 bits per heavy atom. The van der Waals surface area contributed by atoms with Crippen molar-refractivity contribution < 1.29 is 24.9 Å². The zero-order chi connectivity index (χ0) is 18.3. The Morgan fingerprint density at radius 1 is 1.24 bits per heavy atom. The number of aliphatic hydroxyl groups is 1. The molecule has 1 aliphatic heterocycles. The molecule has 5 nitrogen and oxygen atoms in total. The maximum atomic E-state index is 12.8. The summed E-state index contributed by atoms with van der Waals surface area (Å²) in [5.41, 5.74) is 0.304. The van der Waals surface area contributed by atoms with E-state index in [1.807, 2.05) is 13.8 Å². The normalized spacial score (nSPS) is 33.3. The van der Waals surface area contributed by atoms with Crippen LogP contribution in [-0.2, 0) is 11.8 Å². The van der Waals surface area contributed by atoms with Gasteiger partial charge >= 0.3 is 0 Å². The van der Waals surface area contributed by atoms with Crippen LogP contribution >= 0.6 is 0 Å². The number of carbonyl (C=O) groups excluding carboxylic acids is 1. The molecule has 0 spiro atoms. The van der Waals surface area contributed by atoms with Gasteiger partial charge in [-0.25, -0.2) is 0 Å². The molecule has 1 heterocycles. The van der Waals surface area contributed by atoms with E-state index in [-0.39, 0.29) is 34.7 Å². The molecule has 0 amide bonds. The Hall–Kier alpha value is -2.27. The molecule has 2 aliphatic carbocycles. The van der Waals surface area contributed by atoms with Gasteiger partial charge < -0.3 is 20.1 Å². The number of fused-ring (bicyclic) bond motifs is 4. The second kappa shape index (κ2) is 4.67. The number of rotatable bonds is 0. The van der Waals surface area contributed by atoms with Crippen molar-refractivity contribution in [2.24, 2.45) is 0 Å². The lowest BCUT2D eigenvalue weighted by Crippen LogP contribution is -2.44. The van der Waals surface area contributed by atoms with Gasteiger partial charge in [-0.1, -0.05) is 13.5 Å². The Labute approximate surface area is 146 Å². The first kappa shape index (κ1) is 16.2. The fraction of sp³-hybridized carbons (Fsp3) is 0.450. The van der Waals surface area contributed by atoms with E-state index in [2.05, 4.69) is 6.58 Å². The lowest BCUT2D eigenvalue weighted by atomic mass is 9.58. The van der Waals surface area contributed by atoms with Crippen molar-refractivity contribution in [1.29, 1.82) is 0 Å². The highest BCUT2D eigenvalue weighted by atomic mass is 16.5. The molecular weight excluding hydrogens is 320 g/mol. The minimum absolute atomic E-state index is 0.0806. The molecule has 5 heteroatoms. The van der Waals surface area contributed by atoms with Gasteiger partial charge in [-0.2, -0.15) is 0 Å². The van der Waals surface area contributed by atoms with Gasteiger partial charge in [0.05, 0.1) is 11.2 Å². The number of hydrogen-bond acceptors (Lipinski definition) is 5. The van der Waals surface area contributed by atoms with E-state index in [1.54, 1.807) is 6.92 Å². The van der Waals surface area contributed by atoms with Gasteiger partial charge in [0.2, 0.25) is 0 Å². The number of ketones is 1. The first-order chi connectivity index (χ1) is 11.6. The fourth-order valence-electron chi connectivity index (χ4n) is 4.49. The van der Waals surface area contributed by atoms with Gasteiger partial charge in [0.15, 0.2) is 17.3 Å². The second-order valence-electron chi connectivity index (χ2n) is 7.89. The number of allylic oxidation sites excluding steroid dienone is 1. The molecule has 132 valence electrons. The van der Waals surface area contributed by atoms with Crippen molar-refractivity contribution in [3.05, 3.63) is 40.5 Å². The van der Waals surface area contributed by atoms with Gasteiger partial charge in [-0.3, -0.25) is 4.79 Å². The molecule has 1 unspecified atom stereocenters. The maximum absolute atomic E-state index is 12.8. The van der Waals surface area contributed by atoms with Crippen LogP contribution in [0.4, 0.5) is 0 Å². The summed E-state index contributed by atoms with van der Waals surface area (Å²) < 4.78 is 5.70. The summed E-state index contributed by atoms with van der Waals surface area (Å²) in [6.45, 7) is 9.44. The SMILES string of the molecule is C=C1C2=CC(=O)c3c(O)c4c(c(O)c3[C@@]2(C)CC[C@@]1(C)O)OC(C)C4. The number of aromatic hydroxyl groups is 2. The molecule has 3 aliphatic rings. The van der Waals surface area contributed by atoms with Crippen LogP contribution in [0.3, 0.4) is 0 Å². The van der Waals surface area contributed by atoms with Gasteiger partial charge in [-0.05, 0) is 43.9 Å². The average molecular weight is 342 g/mol. The van der Waals surface area contributed by atoms with E-state index in [0.717, 1.165) is 0 Å². The zero-order valence-corrected chi connectivity index (χ0v) is 14.6. The molecule has 25 heavy (non-hydrogen) atoms. The van der Waals surface area contributed by atoms with Gasteiger partial charge in [0.1, 0.15) is 11.9 Å². The van der Waals surface area contributed by atoms with E-state index in [1.165, 1.54) is 6.08 Å². The largest absolute Gasteiger partial charge is 0.507 e. The second-order valence-corrected chi connectivity index (χ2v) is 7.89. The van der Waals surface area contributed by atoms with E-state index in [4.69, 9.17) is 4.74 Å². The summed E-state index contributed by atoms with van der Waals surface area (Å²) in [4.78, 5) is 12.8. The van der Waals surface area contributed by atoms with Crippen LogP contribution < -0.4 is 4.74 Å². The van der Waals surface area contributed by atoms with Crippen LogP contribution in [0.2, 0.25) is 0 Å². The summed E-state index contributed by atoms with van der Waals surface area (Å²) in [5.74, 6) is -0.294. The third kappa shape index (κ3) is 1.90.